The number of Topliss-reactive ketones (excluding diaryl/α,β-unsaturated/α-hetero) is 1. The predicted octanol–water partition coefficient (Wildman–Crippen LogP) is 0.853. The molecule has 0 bridgehead atoms. The summed E-state index contributed by atoms with van der Waals surface area (Å²) in [5, 5.41) is 0.951. The van der Waals surface area contributed by atoms with Crippen molar-refractivity contribution in [2.75, 3.05) is 0 Å². The first kappa shape index (κ1) is 10.1. The molecule has 0 spiro atoms. The van der Waals surface area contributed by atoms with Crippen molar-refractivity contribution in [1.82, 2.24) is 0 Å². The zero-order valence-corrected chi connectivity index (χ0v) is 8.47. The molecule has 1 aliphatic rings. The van der Waals surface area contributed by atoms with Gasteiger partial charge >= 0.3 is 54.4 Å². The van der Waals surface area contributed by atoms with Crippen LogP contribution in [-0.2, 0) is 4.79 Å². The Hall–Kier alpha value is 0.149. The standard InChI is InChI=1S/C5H9NOSe.C2H6/c1-3-5(7)4(6)2-8-3;1-2/h3-4H,2,6H2,1H3;1-2H3. The molecule has 0 aromatic rings. The maximum absolute atomic E-state index is 10.8. The molecule has 0 aliphatic carbocycles. The van der Waals surface area contributed by atoms with Gasteiger partial charge in [-0.1, -0.05) is 13.8 Å². The number of carbonyl (C=O) groups is 1. The van der Waals surface area contributed by atoms with E-state index >= 15 is 0 Å². The number of hydrogen-bond donors (Lipinski definition) is 1. The van der Waals surface area contributed by atoms with E-state index in [0.29, 0.717) is 15.0 Å². The van der Waals surface area contributed by atoms with Gasteiger partial charge in [0.1, 0.15) is 0 Å². The molecular formula is C7H15NOSe. The van der Waals surface area contributed by atoms with Crippen LogP contribution in [0.5, 0.6) is 0 Å². The van der Waals surface area contributed by atoms with Gasteiger partial charge in [0.2, 0.25) is 0 Å². The molecule has 1 fully saturated rings. The summed E-state index contributed by atoms with van der Waals surface area (Å²) < 4.78 is 0. The molecule has 60 valence electrons. The second kappa shape index (κ2) is 4.89. The second-order valence-corrected chi connectivity index (χ2v) is 4.87. The molecule has 2 unspecified atom stereocenters. The molecule has 3 heteroatoms. The van der Waals surface area contributed by atoms with E-state index < -0.39 is 0 Å². The molecule has 1 rings (SSSR count). The van der Waals surface area contributed by atoms with Crippen molar-refractivity contribution in [2.24, 2.45) is 5.73 Å². The fourth-order valence-electron chi connectivity index (χ4n) is 0.714. The van der Waals surface area contributed by atoms with E-state index in [1.165, 1.54) is 0 Å². The van der Waals surface area contributed by atoms with Crippen molar-refractivity contribution in [3.63, 3.8) is 0 Å². The van der Waals surface area contributed by atoms with Crippen LogP contribution in [0, 0.1) is 0 Å². The molecule has 10 heavy (non-hydrogen) atoms. The average molecular weight is 208 g/mol. The monoisotopic (exact) mass is 209 g/mol. The molecule has 0 radical (unpaired) electrons. The molecule has 2 N–H and O–H groups in total. The first-order valence-corrected chi connectivity index (χ1v) is 5.83. The topological polar surface area (TPSA) is 43.1 Å². The van der Waals surface area contributed by atoms with E-state index in [-0.39, 0.29) is 16.6 Å². The fourth-order valence-corrected chi connectivity index (χ4v) is 2.81. The van der Waals surface area contributed by atoms with E-state index in [0.717, 1.165) is 5.32 Å². The molecular weight excluding hydrogens is 193 g/mol. The summed E-state index contributed by atoms with van der Waals surface area (Å²) in [5.74, 6) is 0.269. The third kappa shape index (κ3) is 2.41. The first-order chi connectivity index (χ1) is 4.72. The number of rotatable bonds is 0. The molecule has 0 aromatic carbocycles. The van der Waals surface area contributed by atoms with Gasteiger partial charge < -0.3 is 0 Å². The Labute approximate surface area is 68.7 Å². The Kier molecular flexibility index (Phi) is 4.96. The van der Waals surface area contributed by atoms with Gasteiger partial charge in [0, 0.05) is 0 Å². The third-order valence-corrected chi connectivity index (χ3v) is 3.99. The van der Waals surface area contributed by atoms with Gasteiger partial charge in [-0.25, -0.2) is 0 Å². The average Bonchev–Trinajstić information content (AvgIpc) is 2.25. The quantitative estimate of drug-likeness (QED) is 0.600. The van der Waals surface area contributed by atoms with E-state index in [2.05, 4.69) is 0 Å². The minimum atomic E-state index is -0.120. The van der Waals surface area contributed by atoms with E-state index in [1.807, 2.05) is 20.8 Å². The molecule has 0 amide bonds. The number of nitrogens with two attached hydrogens (primary N) is 1. The van der Waals surface area contributed by atoms with Gasteiger partial charge in [0.15, 0.2) is 0 Å². The Balaban J connectivity index is 0.000000371. The Morgan fingerprint density at radius 1 is 1.60 bits per heavy atom. The molecule has 2 nitrogen and oxygen atoms in total. The van der Waals surface area contributed by atoms with Crippen molar-refractivity contribution >= 4 is 20.7 Å². The van der Waals surface area contributed by atoms with Crippen molar-refractivity contribution in [3.05, 3.63) is 0 Å². The summed E-state index contributed by atoms with van der Waals surface area (Å²) >= 11 is 0.497. The summed E-state index contributed by atoms with van der Waals surface area (Å²) in [5.41, 5.74) is 5.43. The molecule has 0 aromatic heterocycles. The summed E-state index contributed by atoms with van der Waals surface area (Å²) in [6.07, 6.45) is 0. The SMILES string of the molecule is CC.CC1[Se]CC(N)C1=O. The summed E-state index contributed by atoms with van der Waals surface area (Å²) in [6, 6.07) is -0.120. The van der Waals surface area contributed by atoms with Gasteiger partial charge in [-0.3, -0.25) is 0 Å². The molecule has 0 saturated carbocycles. The van der Waals surface area contributed by atoms with Crippen LogP contribution in [0.25, 0.3) is 0 Å². The van der Waals surface area contributed by atoms with E-state index in [1.54, 1.807) is 0 Å². The van der Waals surface area contributed by atoms with Crippen LogP contribution >= 0.6 is 0 Å². The molecule has 2 atom stereocenters. The van der Waals surface area contributed by atoms with Crippen LogP contribution in [0.2, 0.25) is 10.1 Å². The Morgan fingerprint density at radius 3 is 2.20 bits per heavy atom. The first-order valence-electron chi connectivity index (χ1n) is 3.62. The van der Waals surface area contributed by atoms with Crippen molar-refractivity contribution < 1.29 is 4.79 Å². The van der Waals surface area contributed by atoms with Gasteiger partial charge in [0.05, 0.1) is 0 Å². The zero-order chi connectivity index (χ0) is 8.15. The Morgan fingerprint density at radius 2 is 2.10 bits per heavy atom. The van der Waals surface area contributed by atoms with Gasteiger partial charge in [-0.2, -0.15) is 0 Å². The minimum absolute atomic E-state index is 0.120. The second-order valence-electron chi connectivity index (χ2n) is 1.98. The van der Waals surface area contributed by atoms with Crippen LogP contribution in [0.1, 0.15) is 20.8 Å². The summed E-state index contributed by atoms with van der Waals surface area (Å²) in [4.78, 5) is 11.1. The summed E-state index contributed by atoms with van der Waals surface area (Å²) in [6.45, 7) is 5.97. The van der Waals surface area contributed by atoms with Gasteiger partial charge in [-0.05, 0) is 0 Å². The normalized spacial score (nSPS) is 31.4. The van der Waals surface area contributed by atoms with Crippen LogP contribution in [0.3, 0.4) is 0 Å². The fraction of sp³-hybridized carbons (Fsp3) is 0.857. The van der Waals surface area contributed by atoms with E-state index in [9.17, 15) is 4.79 Å². The van der Waals surface area contributed by atoms with Crippen molar-refractivity contribution in [1.29, 1.82) is 0 Å². The van der Waals surface area contributed by atoms with Crippen molar-refractivity contribution in [2.45, 2.75) is 36.9 Å². The number of ketones is 1. The zero-order valence-electron chi connectivity index (χ0n) is 6.76. The van der Waals surface area contributed by atoms with Crippen LogP contribution in [0.4, 0.5) is 0 Å². The molecule has 1 saturated heterocycles. The molecule has 1 heterocycles. The predicted molar refractivity (Wildman–Crippen MR) is 44.3 cm³/mol. The van der Waals surface area contributed by atoms with Crippen LogP contribution in [0.15, 0.2) is 0 Å². The maximum atomic E-state index is 10.8. The Bertz CT molecular complexity index is 104. The number of hydrogen-bond acceptors (Lipinski definition) is 2. The summed E-state index contributed by atoms with van der Waals surface area (Å²) in [7, 11) is 0. The van der Waals surface area contributed by atoms with Crippen molar-refractivity contribution in [3.8, 4) is 0 Å². The van der Waals surface area contributed by atoms with E-state index in [4.69, 9.17) is 5.73 Å². The van der Waals surface area contributed by atoms with Gasteiger partial charge in [-0.15, -0.1) is 0 Å². The van der Waals surface area contributed by atoms with Crippen LogP contribution < -0.4 is 5.73 Å². The number of carbonyl (C=O) groups excluding carboxylic acids is 1. The van der Waals surface area contributed by atoms with Crippen LogP contribution in [-0.4, -0.2) is 26.8 Å². The van der Waals surface area contributed by atoms with Gasteiger partial charge in [0.25, 0.3) is 0 Å². The third-order valence-electron chi connectivity index (χ3n) is 1.29. The molecule has 1 aliphatic heterocycles.